The summed E-state index contributed by atoms with van der Waals surface area (Å²) in [4.78, 5) is 0. The number of phenols is 2. The van der Waals surface area contributed by atoms with Gasteiger partial charge in [-0.2, -0.15) is 0 Å². The molecule has 4 atom stereocenters. The van der Waals surface area contributed by atoms with Crippen molar-refractivity contribution >= 4 is 12.7 Å². The van der Waals surface area contributed by atoms with E-state index in [4.69, 9.17) is 0 Å². The molecule has 0 heterocycles. The largest absolute Gasteiger partial charge is 0.508 e. The van der Waals surface area contributed by atoms with Gasteiger partial charge in [-0.15, -0.1) is 0 Å². The Morgan fingerprint density at radius 1 is 1.23 bits per heavy atom. The lowest BCUT2D eigenvalue weighted by molar-refractivity contribution is 0.0597. The van der Waals surface area contributed by atoms with E-state index in [1.807, 2.05) is 19.9 Å². The highest BCUT2D eigenvalue weighted by molar-refractivity contribution is 5.46. The Morgan fingerprint density at radius 3 is 2.67 bits per heavy atom. The maximum atomic E-state index is 10.0. The number of hydrogen-bond acceptors (Lipinski definition) is 3. The van der Waals surface area contributed by atoms with Crippen molar-refractivity contribution < 1.29 is 15.3 Å². The van der Waals surface area contributed by atoms with Crippen LogP contribution in [0.1, 0.15) is 79.1 Å². The van der Waals surface area contributed by atoms with Crippen LogP contribution in [-0.4, -0.2) is 20.9 Å². The Morgan fingerprint density at radius 2 is 1.97 bits per heavy atom. The van der Waals surface area contributed by atoms with Crippen molar-refractivity contribution in [2.75, 3.05) is 0 Å². The highest BCUT2D eigenvalue weighted by atomic mass is 16.3. The Labute approximate surface area is 181 Å². The quantitative estimate of drug-likeness (QED) is 0.616. The number of aliphatic hydroxyl groups is 1. The number of allylic oxidation sites excluding steroid dienone is 2. The normalized spacial score (nSPS) is 29.9. The lowest BCUT2D eigenvalue weighted by atomic mass is 9.60. The predicted octanol–water partition coefficient (Wildman–Crippen LogP) is 5.01. The van der Waals surface area contributed by atoms with Crippen LogP contribution in [0.25, 0.3) is 12.7 Å². The fourth-order valence-electron chi connectivity index (χ4n) is 6.28. The van der Waals surface area contributed by atoms with E-state index in [-0.39, 0.29) is 11.5 Å². The topological polar surface area (TPSA) is 60.7 Å². The molecule has 3 rings (SSSR count). The first-order valence-electron chi connectivity index (χ1n) is 11.7. The molecule has 1 aromatic carbocycles. The number of hydrogen-bond donors (Lipinski definition) is 3. The number of phenolic OH excluding ortho intramolecular Hbond substituents is 2. The zero-order chi connectivity index (χ0) is 22.1. The van der Waals surface area contributed by atoms with Gasteiger partial charge in [-0.3, -0.25) is 0 Å². The van der Waals surface area contributed by atoms with Crippen LogP contribution >= 0.6 is 0 Å². The second-order valence-electron chi connectivity index (χ2n) is 10.7. The first-order valence-corrected chi connectivity index (χ1v) is 11.7. The molecular weight excluding hydrogens is 372 g/mol. The molecule has 30 heavy (non-hydrogen) atoms. The maximum Gasteiger partial charge on any atom is 0.126 e. The van der Waals surface area contributed by atoms with Gasteiger partial charge in [0.1, 0.15) is 11.5 Å². The van der Waals surface area contributed by atoms with Crippen molar-refractivity contribution in [2.45, 2.75) is 84.7 Å². The van der Waals surface area contributed by atoms with Gasteiger partial charge in [0.25, 0.3) is 0 Å². The highest BCUT2D eigenvalue weighted by Crippen LogP contribution is 2.59. The fourth-order valence-corrected chi connectivity index (χ4v) is 6.28. The van der Waals surface area contributed by atoms with E-state index >= 15 is 0 Å². The summed E-state index contributed by atoms with van der Waals surface area (Å²) in [6, 6.07) is 3.01. The Bertz CT molecular complexity index is 892. The van der Waals surface area contributed by atoms with Crippen LogP contribution in [0.2, 0.25) is 0 Å². The first kappa shape index (κ1) is 22.9. The smallest absolute Gasteiger partial charge is 0.126 e. The Kier molecular flexibility index (Phi) is 6.72. The molecule has 1 aromatic rings. The summed E-state index contributed by atoms with van der Waals surface area (Å²) in [5.74, 6) is 2.14. The second-order valence-corrected chi connectivity index (χ2v) is 10.7. The van der Waals surface area contributed by atoms with Gasteiger partial charge in [-0.1, -0.05) is 51.0 Å². The van der Waals surface area contributed by atoms with Crippen molar-refractivity contribution in [1.82, 2.24) is 0 Å². The third-order valence-corrected chi connectivity index (χ3v) is 7.90. The van der Waals surface area contributed by atoms with E-state index in [0.29, 0.717) is 22.5 Å². The SMILES string of the molecule is C=c1c(O)cc(O)c/c1=C/C=C1\CCC[C@]2(C)[C@@H]([C@H](C)CCCC(C)(C)O)CC[C@@H]12. The summed E-state index contributed by atoms with van der Waals surface area (Å²) in [6.45, 7) is 12.7. The van der Waals surface area contributed by atoms with E-state index in [1.54, 1.807) is 6.07 Å². The monoisotopic (exact) mass is 412 g/mol. The van der Waals surface area contributed by atoms with Crippen LogP contribution in [0.3, 0.4) is 0 Å². The van der Waals surface area contributed by atoms with Crippen LogP contribution in [0.4, 0.5) is 0 Å². The molecule has 166 valence electrons. The van der Waals surface area contributed by atoms with Crippen LogP contribution in [0, 0.1) is 23.2 Å². The molecular formula is C27H40O3. The van der Waals surface area contributed by atoms with Crippen LogP contribution in [0.15, 0.2) is 23.8 Å². The van der Waals surface area contributed by atoms with E-state index in [2.05, 4.69) is 26.5 Å². The summed E-state index contributed by atoms with van der Waals surface area (Å²) in [5.41, 5.74) is 1.30. The van der Waals surface area contributed by atoms with Gasteiger partial charge < -0.3 is 15.3 Å². The minimum atomic E-state index is -0.564. The zero-order valence-corrected chi connectivity index (χ0v) is 19.2. The molecule has 3 nitrogen and oxygen atoms in total. The van der Waals surface area contributed by atoms with Crippen molar-refractivity contribution in [3.63, 3.8) is 0 Å². The first-order chi connectivity index (χ1) is 14.0. The molecule has 0 aromatic heterocycles. The number of rotatable bonds is 6. The average molecular weight is 413 g/mol. The van der Waals surface area contributed by atoms with Crippen LogP contribution in [0.5, 0.6) is 11.5 Å². The van der Waals surface area contributed by atoms with Crippen molar-refractivity contribution in [3.05, 3.63) is 34.2 Å². The highest BCUT2D eigenvalue weighted by Gasteiger charge is 2.50. The van der Waals surface area contributed by atoms with E-state index in [1.165, 1.54) is 43.7 Å². The van der Waals surface area contributed by atoms with Gasteiger partial charge >= 0.3 is 0 Å². The predicted molar refractivity (Wildman–Crippen MR) is 125 cm³/mol. The van der Waals surface area contributed by atoms with Gasteiger partial charge in [0.15, 0.2) is 0 Å². The van der Waals surface area contributed by atoms with Gasteiger partial charge in [0.05, 0.1) is 5.60 Å². The van der Waals surface area contributed by atoms with Crippen LogP contribution in [-0.2, 0) is 0 Å². The maximum absolute atomic E-state index is 10.0. The molecule has 0 bridgehead atoms. The van der Waals surface area contributed by atoms with Crippen molar-refractivity contribution in [3.8, 4) is 11.5 Å². The third-order valence-electron chi connectivity index (χ3n) is 7.90. The molecule has 0 amide bonds. The summed E-state index contributed by atoms with van der Waals surface area (Å²) in [7, 11) is 0. The molecule has 2 fully saturated rings. The van der Waals surface area contributed by atoms with Crippen LogP contribution < -0.4 is 10.4 Å². The number of fused-ring (bicyclic) bond motifs is 1. The molecule has 2 saturated carbocycles. The number of aromatic hydroxyl groups is 2. The lowest BCUT2D eigenvalue weighted by Crippen LogP contribution is -2.36. The minimum Gasteiger partial charge on any atom is -0.508 e. The van der Waals surface area contributed by atoms with Gasteiger partial charge in [0, 0.05) is 11.3 Å². The molecule has 0 spiro atoms. The van der Waals surface area contributed by atoms with E-state index in [0.717, 1.165) is 30.4 Å². The molecule has 2 aliphatic rings. The van der Waals surface area contributed by atoms with Gasteiger partial charge in [-0.25, -0.2) is 0 Å². The molecule has 0 aliphatic heterocycles. The third kappa shape index (κ3) is 4.94. The summed E-state index contributed by atoms with van der Waals surface area (Å²) < 4.78 is 0. The minimum absolute atomic E-state index is 0.0361. The molecule has 2 aliphatic carbocycles. The van der Waals surface area contributed by atoms with Crippen molar-refractivity contribution in [2.24, 2.45) is 23.2 Å². The van der Waals surface area contributed by atoms with Crippen molar-refractivity contribution in [1.29, 1.82) is 0 Å². The molecule has 3 N–H and O–H groups in total. The Balaban J connectivity index is 1.78. The molecule has 0 saturated heterocycles. The average Bonchev–Trinajstić information content (AvgIpc) is 3.00. The standard InChI is InChI=1S/C27H40O3/c1-18(8-6-14-26(3,4)30)23-12-13-24-20(9-7-15-27(23,24)5)10-11-21-16-22(28)17-25(29)19(21)2/h10-11,16-18,23-24,28-30H,2,6-9,12-15H2,1,3-5H3/b20-10+,21-11-/t18-,23-,24+,27-/m1/s1. The summed E-state index contributed by atoms with van der Waals surface area (Å²) in [5, 5.41) is 31.1. The van der Waals surface area contributed by atoms with E-state index in [9.17, 15) is 15.3 Å². The zero-order valence-electron chi connectivity index (χ0n) is 19.2. The molecule has 0 radical (unpaired) electrons. The number of benzene rings is 1. The fraction of sp³-hybridized carbons (Fsp3) is 0.630. The lowest BCUT2D eigenvalue weighted by Gasteiger charge is -2.44. The van der Waals surface area contributed by atoms with Gasteiger partial charge in [-0.05, 0) is 86.8 Å². The summed E-state index contributed by atoms with van der Waals surface area (Å²) in [6.07, 6.45) is 13.6. The molecule has 3 heteroatoms. The Hall–Kier alpha value is -1.74. The van der Waals surface area contributed by atoms with E-state index < -0.39 is 5.60 Å². The summed E-state index contributed by atoms with van der Waals surface area (Å²) >= 11 is 0. The van der Waals surface area contributed by atoms with Gasteiger partial charge in [0.2, 0.25) is 0 Å². The second kappa shape index (κ2) is 8.78. The molecule has 0 unspecified atom stereocenters.